The van der Waals surface area contributed by atoms with E-state index >= 15 is 0 Å². The van der Waals surface area contributed by atoms with Crippen LogP contribution in [0.25, 0.3) is 88.3 Å². The van der Waals surface area contributed by atoms with E-state index in [0.29, 0.717) is 0 Å². The average molecular weight is 852 g/mol. The van der Waals surface area contributed by atoms with Crippen LogP contribution in [0.4, 0.5) is 17.1 Å². The quantitative estimate of drug-likeness (QED) is 0.166. The Labute approximate surface area is 389 Å². The number of hydrogen-bond acceptors (Lipinski definition) is 2. The predicted octanol–water partition coefficient (Wildman–Crippen LogP) is 17.6. The molecule has 1 aromatic heterocycles. The second-order valence-corrected chi connectivity index (χ2v) is 17.9. The van der Waals surface area contributed by atoms with Gasteiger partial charge in [0.25, 0.3) is 0 Å². The molecule has 11 aromatic carbocycles. The van der Waals surface area contributed by atoms with Crippen LogP contribution in [0.3, 0.4) is 0 Å². The molecule has 0 atom stereocenters. The van der Waals surface area contributed by atoms with Gasteiger partial charge in [0, 0.05) is 32.8 Å². The molecule has 0 amide bonds. The van der Waals surface area contributed by atoms with Crippen molar-refractivity contribution in [3.8, 4) is 55.6 Å². The Morgan fingerprint density at radius 1 is 0.313 bits per heavy atom. The minimum Gasteiger partial charge on any atom is -0.455 e. The summed E-state index contributed by atoms with van der Waals surface area (Å²) in [5.74, 6) is 0. The monoisotopic (exact) mass is 851 g/mol. The number of fused-ring (bicyclic) bond motifs is 15. The van der Waals surface area contributed by atoms with Crippen LogP contribution in [0.2, 0.25) is 0 Å². The summed E-state index contributed by atoms with van der Waals surface area (Å²) in [7, 11) is 0. The maximum absolute atomic E-state index is 6.99. The maximum atomic E-state index is 6.99. The molecule has 0 bridgehead atoms. The molecule has 2 nitrogen and oxygen atoms in total. The van der Waals surface area contributed by atoms with Crippen molar-refractivity contribution >= 4 is 49.8 Å². The van der Waals surface area contributed by atoms with Crippen molar-refractivity contribution in [3.05, 3.63) is 271 Å². The molecular formula is C65H41NO. The fourth-order valence-corrected chi connectivity index (χ4v) is 11.7. The van der Waals surface area contributed by atoms with E-state index in [9.17, 15) is 0 Å². The van der Waals surface area contributed by atoms with E-state index < -0.39 is 5.41 Å². The molecule has 0 radical (unpaired) electrons. The third kappa shape index (κ3) is 5.45. The molecule has 1 spiro atoms. The number of anilines is 3. The molecule has 1 heterocycles. The summed E-state index contributed by atoms with van der Waals surface area (Å²) in [6.45, 7) is 0. The van der Waals surface area contributed by atoms with E-state index in [4.69, 9.17) is 4.42 Å². The Kier molecular flexibility index (Phi) is 8.23. The first-order valence-electron chi connectivity index (χ1n) is 23.2. The fourth-order valence-electron chi connectivity index (χ4n) is 11.7. The summed E-state index contributed by atoms with van der Waals surface area (Å²) in [4.78, 5) is 2.52. The summed E-state index contributed by atoms with van der Waals surface area (Å²) in [5.41, 5.74) is 22.0. The molecule has 0 aliphatic heterocycles. The number of hydrogen-bond donors (Lipinski definition) is 0. The number of nitrogens with zero attached hydrogens (tertiary/aromatic N) is 1. The SMILES string of the molecule is c1ccc(-c2ccc(N(c3cccc4c3-c3ccccc3C43c4ccccc4-c4ccccc43)c3cc4c(oc5cccc(-c6cccc(-c7ccccc7)c6)c54)c4ccccc34)cc2)cc1. The standard InChI is InChI=1S/C65H41NO/c1-3-18-42(19-4-1)44-36-38-47(39-37-44)66(59-34-17-33-58-63(59)53-28-11-14-32-57(53)65(58)55-30-12-9-24-49(55)50-25-10-13-31-56(50)65)60-41-54-62-48(46-23-15-22-45(40-46)43-20-5-2-6-21-43)29-16-35-61(62)67-64(54)52-27-8-7-26-51(52)60/h1-41H. The highest BCUT2D eigenvalue weighted by Gasteiger charge is 2.52. The van der Waals surface area contributed by atoms with Crippen molar-refractivity contribution < 1.29 is 4.42 Å². The van der Waals surface area contributed by atoms with Gasteiger partial charge in [-0.05, 0) is 109 Å². The molecule has 2 heteroatoms. The number of rotatable bonds is 6. The van der Waals surface area contributed by atoms with E-state index in [-0.39, 0.29) is 0 Å². The second-order valence-electron chi connectivity index (χ2n) is 17.9. The van der Waals surface area contributed by atoms with Crippen LogP contribution in [-0.4, -0.2) is 0 Å². The molecule has 0 unspecified atom stereocenters. The van der Waals surface area contributed by atoms with Crippen LogP contribution in [0, 0.1) is 0 Å². The molecule has 2 aliphatic carbocycles. The minimum atomic E-state index is -0.478. The van der Waals surface area contributed by atoms with E-state index in [2.05, 4.69) is 254 Å². The van der Waals surface area contributed by atoms with Gasteiger partial charge in [-0.3, -0.25) is 0 Å². The Bertz CT molecular complexity index is 3870. The smallest absolute Gasteiger partial charge is 0.143 e. The third-order valence-electron chi connectivity index (χ3n) is 14.5. The first-order valence-corrected chi connectivity index (χ1v) is 23.2. The Morgan fingerprint density at radius 2 is 0.821 bits per heavy atom. The molecule has 67 heavy (non-hydrogen) atoms. The first-order chi connectivity index (χ1) is 33.3. The van der Waals surface area contributed by atoms with Crippen molar-refractivity contribution in [3.63, 3.8) is 0 Å². The molecular weight excluding hydrogens is 811 g/mol. The van der Waals surface area contributed by atoms with Crippen LogP contribution < -0.4 is 4.90 Å². The van der Waals surface area contributed by atoms with Crippen molar-refractivity contribution in [2.24, 2.45) is 0 Å². The lowest BCUT2D eigenvalue weighted by molar-refractivity contribution is 0.673. The molecule has 0 saturated heterocycles. The largest absolute Gasteiger partial charge is 0.455 e. The average Bonchev–Trinajstić information content (AvgIpc) is 4.04. The molecule has 0 fully saturated rings. The van der Waals surface area contributed by atoms with Crippen molar-refractivity contribution in [1.82, 2.24) is 0 Å². The van der Waals surface area contributed by atoms with Crippen LogP contribution in [-0.2, 0) is 5.41 Å². The molecule has 0 N–H and O–H groups in total. The topological polar surface area (TPSA) is 16.4 Å². The van der Waals surface area contributed by atoms with Gasteiger partial charge in [-0.15, -0.1) is 0 Å². The summed E-state index contributed by atoms with van der Waals surface area (Å²) in [6.07, 6.45) is 0. The number of benzene rings is 11. The van der Waals surface area contributed by atoms with E-state index in [1.807, 2.05) is 0 Å². The van der Waals surface area contributed by atoms with Gasteiger partial charge in [-0.1, -0.05) is 212 Å². The van der Waals surface area contributed by atoms with E-state index in [1.165, 1.54) is 66.8 Å². The molecule has 2 aliphatic rings. The third-order valence-corrected chi connectivity index (χ3v) is 14.5. The van der Waals surface area contributed by atoms with Gasteiger partial charge >= 0.3 is 0 Å². The van der Waals surface area contributed by atoms with Gasteiger partial charge < -0.3 is 9.32 Å². The summed E-state index contributed by atoms with van der Waals surface area (Å²) >= 11 is 0. The molecule has 14 rings (SSSR count). The van der Waals surface area contributed by atoms with Crippen LogP contribution in [0.1, 0.15) is 22.3 Å². The lowest BCUT2D eigenvalue weighted by Gasteiger charge is -2.32. The lowest BCUT2D eigenvalue weighted by Crippen LogP contribution is -2.26. The van der Waals surface area contributed by atoms with Gasteiger partial charge in [0.2, 0.25) is 0 Å². The van der Waals surface area contributed by atoms with Gasteiger partial charge in [-0.2, -0.15) is 0 Å². The Balaban J connectivity index is 1.07. The van der Waals surface area contributed by atoms with Crippen molar-refractivity contribution in [1.29, 1.82) is 0 Å². The molecule has 12 aromatic rings. The molecule has 0 saturated carbocycles. The van der Waals surface area contributed by atoms with E-state index in [0.717, 1.165) is 60.9 Å². The van der Waals surface area contributed by atoms with Crippen molar-refractivity contribution in [2.45, 2.75) is 5.41 Å². The Hall–Kier alpha value is -8.72. The summed E-state index contributed by atoms with van der Waals surface area (Å²) in [5, 5.41) is 4.38. The zero-order valence-electron chi connectivity index (χ0n) is 36.5. The second kappa shape index (κ2) is 14.7. The normalized spacial score (nSPS) is 12.9. The summed E-state index contributed by atoms with van der Waals surface area (Å²) < 4.78 is 6.99. The maximum Gasteiger partial charge on any atom is 0.143 e. The van der Waals surface area contributed by atoms with Crippen LogP contribution >= 0.6 is 0 Å². The molecule has 312 valence electrons. The zero-order chi connectivity index (χ0) is 44.1. The first kappa shape index (κ1) is 37.6. The lowest BCUT2D eigenvalue weighted by atomic mass is 9.70. The summed E-state index contributed by atoms with van der Waals surface area (Å²) in [6, 6.07) is 91.2. The zero-order valence-corrected chi connectivity index (χ0v) is 36.5. The van der Waals surface area contributed by atoms with Gasteiger partial charge in [-0.25, -0.2) is 0 Å². The highest BCUT2D eigenvalue weighted by atomic mass is 16.3. The Morgan fingerprint density at radius 3 is 1.54 bits per heavy atom. The van der Waals surface area contributed by atoms with Gasteiger partial charge in [0.15, 0.2) is 0 Å². The highest BCUT2D eigenvalue weighted by molar-refractivity contribution is 6.23. The van der Waals surface area contributed by atoms with Crippen molar-refractivity contribution in [2.75, 3.05) is 4.90 Å². The number of furan rings is 1. The minimum absolute atomic E-state index is 0.478. The predicted molar refractivity (Wildman–Crippen MR) is 279 cm³/mol. The van der Waals surface area contributed by atoms with E-state index in [1.54, 1.807) is 0 Å². The highest BCUT2D eigenvalue weighted by Crippen LogP contribution is 2.65. The van der Waals surface area contributed by atoms with Crippen LogP contribution in [0.5, 0.6) is 0 Å². The van der Waals surface area contributed by atoms with Crippen LogP contribution in [0.15, 0.2) is 253 Å². The van der Waals surface area contributed by atoms with Gasteiger partial charge in [0.05, 0.1) is 16.8 Å². The fraction of sp³-hybridized carbons (Fsp3) is 0.0154. The van der Waals surface area contributed by atoms with Gasteiger partial charge in [0.1, 0.15) is 11.2 Å².